The Balaban J connectivity index is 2.37. The maximum absolute atomic E-state index is 13.2. The van der Waals surface area contributed by atoms with Gasteiger partial charge >= 0.3 is 6.18 Å². The van der Waals surface area contributed by atoms with Crippen molar-refractivity contribution >= 4 is 21.7 Å². The molecule has 0 amide bonds. The highest BCUT2D eigenvalue weighted by atomic mass is 79.9. The third kappa shape index (κ3) is 2.79. The van der Waals surface area contributed by atoms with Gasteiger partial charge in [-0.3, -0.25) is 0 Å². The molecule has 0 aliphatic heterocycles. The summed E-state index contributed by atoms with van der Waals surface area (Å²) >= 11 is 3.22. The van der Waals surface area contributed by atoms with Gasteiger partial charge in [0.05, 0.1) is 22.3 Å². The van der Waals surface area contributed by atoms with E-state index in [9.17, 15) is 17.6 Å². The van der Waals surface area contributed by atoms with E-state index in [2.05, 4.69) is 21.0 Å². The molecule has 0 atom stereocenters. The third-order valence-electron chi connectivity index (χ3n) is 2.76. The van der Waals surface area contributed by atoms with Gasteiger partial charge in [0.15, 0.2) is 0 Å². The molecule has 0 fully saturated rings. The van der Waals surface area contributed by atoms with Gasteiger partial charge in [0, 0.05) is 0 Å². The molecule has 1 aromatic heterocycles. The lowest BCUT2D eigenvalue weighted by Crippen LogP contribution is -2.11. The summed E-state index contributed by atoms with van der Waals surface area (Å²) in [6.07, 6.45) is -4.73. The monoisotopic (exact) mass is 351 g/mol. The van der Waals surface area contributed by atoms with E-state index in [0.29, 0.717) is 16.0 Å². The van der Waals surface area contributed by atoms with E-state index < -0.39 is 17.6 Å². The van der Waals surface area contributed by atoms with E-state index in [1.165, 1.54) is 10.7 Å². The SMILES string of the molecule is Cc1nn(Cc2ccc(F)c(C(F)(F)F)c2)c(N)c1Br. The second-order valence-electron chi connectivity index (χ2n) is 4.25. The summed E-state index contributed by atoms with van der Waals surface area (Å²) in [5.74, 6) is -0.993. The van der Waals surface area contributed by atoms with Crippen molar-refractivity contribution in [2.45, 2.75) is 19.6 Å². The predicted octanol–water partition coefficient (Wildman–Crippen LogP) is 3.74. The quantitative estimate of drug-likeness (QED) is 0.837. The van der Waals surface area contributed by atoms with E-state index in [0.717, 1.165) is 12.1 Å². The number of hydrogen-bond donors (Lipinski definition) is 1. The van der Waals surface area contributed by atoms with Crippen LogP contribution in [-0.4, -0.2) is 9.78 Å². The van der Waals surface area contributed by atoms with Gasteiger partial charge in [0.1, 0.15) is 11.6 Å². The first kappa shape index (κ1) is 14.8. The van der Waals surface area contributed by atoms with Crippen molar-refractivity contribution in [1.29, 1.82) is 0 Å². The topological polar surface area (TPSA) is 43.8 Å². The molecule has 0 aliphatic rings. The number of nitrogen functional groups attached to an aromatic ring is 1. The fraction of sp³-hybridized carbons (Fsp3) is 0.250. The van der Waals surface area contributed by atoms with Crippen LogP contribution in [0.25, 0.3) is 0 Å². The molecule has 0 unspecified atom stereocenters. The maximum Gasteiger partial charge on any atom is 0.419 e. The van der Waals surface area contributed by atoms with E-state index in [4.69, 9.17) is 5.73 Å². The summed E-state index contributed by atoms with van der Waals surface area (Å²) in [5, 5.41) is 4.09. The summed E-state index contributed by atoms with van der Waals surface area (Å²) in [5.41, 5.74) is 5.36. The number of hydrogen-bond acceptors (Lipinski definition) is 2. The number of nitrogens with two attached hydrogens (primary N) is 1. The van der Waals surface area contributed by atoms with E-state index >= 15 is 0 Å². The first-order valence-electron chi connectivity index (χ1n) is 5.54. The Kier molecular flexibility index (Phi) is 3.77. The molecule has 20 heavy (non-hydrogen) atoms. The highest BCUT2D eigenvalue weighted by molar-refractivity contribution is 9.10. The van der Waals surface area contributed by atoms with Crippen LogP contribution in [0.3, 0.4) is 0 Å². The summed E-state index contributed by atoms with van der Waals surface area (Å²) in [6.45, 7) is 1.74. The number of rotatable bonds is 2. The second-order valence-corrected chi connectivity index (χ2v) is 5.05. The van der Waals surface area contributed by atoms with Crippen LogP contribution in [0.1, 0.15) is 16.8 Å². The Morgan fingerprint density at radius 3 is 2.50 bits per heavy atom. The van der Waals surface area contributed by atoms with E-state index in [-0.39, 0.29) is 12.1 Å². The molecular weight excluding hydrogens is 342 g/mol. The number of halogens is 5. The van der Waals surface area contributed by atoms with Crippen LogP contribution in [0.4, 0.5) is 23.4 Å². The van der Waals surface area contributed by atoms with Crippen molar-refractivity contribution in [2.75, 3.05) is 5.73 Å². The van der Waals surface area contributed by atoms with Crippen LogP contribution >= 0.6 is 15.9 Å². The number of aromatic nitrogens is 2. The number of aryl methyl sites for hydroxylation is 1. The molecule has 8 heteroatoms. The van der Waals surface area contributed by atoms with Crippen LogP contribution in [-0.2, 0) is 12.7 Å². The Labute approximate surface area is 120 Å². The molecule has 2 N–H and O–H groups in total. The Bertz CT molecular complexity index is 649. The lowest BCUT2D eigenvalue weighted by Gasteiger charge is -2.10. The zero-order valence-electron chi connectivity index (χ0n) is 10.3. The molecule has 0 radical (unpaired) electrons. The first-order chi connectivity index (χ1) is 9.20. The fourth-order valence-corrected chi connectivity index (χ4v) is 2.04. The van der Waals surface area contributed by atoms with Crippen LogP contribution in [0, 0.1) is 12.7 Å². The summed E-state index contributed by atoms with van der Waals surface area (Å²) < 4.78 is 53.0. The van der Waals surface area contributed by atoms with Gasteiger partial charge in [0.25, 0.3) is 0 Å². The van der Waals surface area contributed by atoms with Crippen LogP contribution in [0.15, 0.2) is 22.7 Å². The highest BCUT2D eigenvalue weighted by Crippen LogP contribution is 2.32. The summed E-state index contributed by atoms with van der Waals surface area (Å²) in [6, 6.07) is 2.83. The van der Waals surface area contributed by atoms with Crippen molar-refractivity contribution in [3.8, 4) is 0 Å². The van der Waals surface area contributed by atoms with Gasteiger partial charge in [-0.1, -0.05) is 6.07 Å². The second kappa shape index (κ2) is 5.08. The Morgan fingerprint density at radius 2 is 2.00 bits per heavy atom. The maximum atomic E-state index is 13.2. The molecule has 0 bridgehead atoms. The Morgan fingerprint density at radius 1 is 1.35 bits per heavy atom. The minimum absolute atomic E-state index is 0.0294. The van der Waals surface area contributed by atoms with Crippen LogP contribution < -0.4 is 5.73 Å². The lowest BCUT2D eigenvalue weighted by atomic mass is 10.1. The van der Waals surface area contributed by atoms with E-state index in [1.807, 2.05) is 0 Å². The van der Waals surface area contributed by atoms with Gasteiger partial charge in [-0.2, -0.15) is 18.3 Å². The minimum Gasteiger partial charge on any atom is -0.383 e. The van der Waals surface area contributed by atoms with Crippen LogP contribution in [0.2, 0.25) is 0 Å². The molecule has 3 nitrogen and oxygen atoms in total. The zero-order valence-corrected chi connectivity index (χ0v) is 11.9. The van der Waals surface area contributed by atoms with Crippen molar-refractivity contribution < 1.29 is 17.6 Å². The molecule has 2 aromatic rings. The summed E-state index contributed by atoms with van der Waals surface area (Å²) in [4.78, 5) is 0. The van der Waals surface area contributed by atoms with Gasteiger partial charge in [0.2, 0.25) is 0 Å². The molecule has 0 saturated carbocycles. The smallest absolute Gasteiger partial charge is 0.383 e. The van der Waals surface area contributed by atoms with Crippen molar-refractivity contribution in [3.63, 3.8) is 0 Å². The largest absolute Gasteiger partial charge is 0.419 e. The molecule has 1 heterocycles. The number of benzene rings is 1. The predicted molar refractivity (Wildman–Crippen MR) is 69.6 cm³/mol. The normalized spacial score (nSPS) is 11.9. The third-order valence-corrected chi connectivity index (χ3v) is 3.74. The van der Waals surface area contributed by atoms with Crippen molar-refractivity contribution in [2.24, 2.45) is 0 Å². The number of nitrogens with zero attached hydrogens (tertiary/aromatic N) is 2. The molecule has 0 saturated heterocycles. The fourth-order valence-electron chi connectivity index (χ4n) is 1.76. The average Bonchev–Trinajstić information content (AvgIpc) is 2.58. The van der Waals surface area contributed by atoms with Gasteiger partial charge in [-0.05, 0) is 40.5 Å². The first-order valence-corrected chi connectivity index (χ1v) is 6.33. The molecule has 1 aromatic carbocycles. The highest BCUT2D eigenvalue weighted by Gasteiger charge is 2.34. The lowest BCUT2D eigenvalue weighted by molar-refractivity contribution is -0.140. The van der Waals surface area contributed by atoms with Gasteiger partial charge in [-0.25, -0.2) is 9.07 Å². The molecule has 108 valence electrons. The van der Waals surface area contributed by atoms with Crippen molar-refractivity contribution in [1.82, 2.24) is 9.78 Å². The van der Waals surface area contributed by atoms with Crippen molar-refractivity contribution in [3.05, 3.63) is 45.3 Å². The minimum atomic E-state index is -4.73. The van der Waals surface area contributed by atoms with Gasteiger partial charge in [-0.15, -0.1) is 0 Å². The zero-order chi connectivity index (χ0) is 15.1. The average molecular weight is 352 g/mol. The number of alkyl halides is 3. The Hall–Kier alpha value is -1.57. The molecular formula is C12H10BrF4N3. The molecule has 0 aliphatic carbocycles. The number of anilines is 1. The standard InChI is InChI=1S/C12H10BrF4N3/c1-6-10(13)11(18)20(19-6)5-7-2-3-9(14)8(4-7)12(15,16)17/h2-4H,5,18H2,1H3. The van der Waals surface area contributed by atoms with Gasteiger partial charge < -0.3 is 5.73 Å². The molecule has 2 rings (SSSR count). The summed E-state index contributed by atoms with van der Waals surface area (Å²) in [7, 11) is 0. The molecule has 0 spiro atoms. The van der Waals surface area contributed by atoms with E-state index in [1.54, 1.807) is 6.92 Å². The van der Waals surface area contributed by atoms with Crippen LogP contribution in [0.5, 0.6) is 0 Å².